The topological polar surface area (TPSA) is 74.3 Å². The molecule has 0 spiro atoms. The number of pyridine rings is 1. The molecule has 0 bridgehead atoms. The third-order valence-corrected chi connectivity index (χ3v) is 4.82. The lowest BCUT2D eigenvalue weighted by Gasteiger charge is -2.09. The minimum atomic E-state index is 0.158. The Labute approximate surface area is 162 Å². The molecule has 0 saturated carbocycles. The smallest absolute Gasteiger partial charge is 0.205 e. The summed E-state index contributed by atoms with van der Waals surface area (Å²) in [6, 6.07) is 7.61. The van der Waals surface area contributed by atoms with Crippen LogP contribution in [-0.2, 0) is 6.54 Å². The average molecular weight is 378 g/mol. The van der Waals surface area contributed by atoms with E-state index >= 15 is 0 Å². The lowest BCUT2D eigenvalue weighted by atomic mass is 10.1. The second-order valence-electron chi connectivity index (χ2n) is 6.56. The largest absolute Gasteiger partial charge is 0.497 e. The SMILES string of the molecule is CCn1cc(-n2cc3nc(-c4cc(OC)cc(OC)c4)cc(C)c3c2O)cn1. The van der Waals surface area contributed by atoms with E-state index in [4.69, 9.17) is 14.5 Å². The van der Waals surface area contributed by atoms with Crippen molar-refractivity contribution in [2.45, 2.75) is 20.4 Å². The predicted molar refractivity (Wildman–Crippen MR) is 107 cm³/mol. The molecule has 0 radical (unpaired) electrons. The van der Waals surface area contributed by atoms with E-state index in [2.05, 4.69) is 5.10 Å². The Morgan fingerprint density at radius 3 is 2.36 bits per heavy atom. The van der Waals surface area contributed by atoms with Gasteiger partial charge in [-0.15, -0.1) is 0 Å². The van der Waals surface area contributed by atoms with Crippen LogP contribution in [0.2, 0.25) is 0 Å². The van der Waals surface area contributed by atoms with E-state index in [1.54, 1.807) is 25.0 Å². The van der Waals surface area contributed by atoms with Crippen molar-refractivity contribution in [2.75, 3.05) is 14.2 Å². The minimum Gasteiger partial charge on any atom is -0.497 e. The van der Waals surface area contributed by atoms with Crippen molar-refractivity contribution >= 4 is 10.9 Å². The van der Waals surface area contributed by atoms with Gasteiger partial charge in [0.1, 0.15) is 11.5 Å². The van der Waals surface area contributed by atoms with Crippen LogP contribution < -0.4 is 9.47 Å². The van der Waals surface area contributed by atoms with Gasteiger partial charge in [0.15, 0.2) is 0 Å². The number of rotatable bonds is 5. The molecule has 3 heterocycles. The highest BCUT2D eigenvalue weighted by molar-refractivity contribution is 5.90. The fraction of sp³-hybridized carbons (Fsp3) is 0.238. The molecule has 0 atom stereocenters. The first-order valence-corrected chi connectivity index (χ1v) is 9.02. The van der Waals surface area contributed by atoms with Gasteiger partial charge in [-0.05, 0) is 37.6 Å². The predicted octanol–water partition coefficient (Wildman–Crippen LogP) is 3.94. The molecule has 0 aliphatic rings. The van der Waals surface area contributed by atoms with Crippen LogP contribution in [0.1, 0.15) is 12.5 Å². The molecule has 144 valence electrons. The second kappa shape index (κ2) is 6.92. The van der Waals surface area contributed by atoms with E-state index in [1.165, 1.54) is 0 Å². The number of methoxy groups -OCH3 is 2. The Hall–Kier alpha value is -3.48. The second-order valence-corrected chi connectivity index (χ2v) is 6.56. The van der Waals surface area contributed by atoms with Crippen molar-refractivity contribution < 1.29 is 14.6 Å². The molecule has 28 heavy (non-hydrogen) atoms. The number of aryl methyl sites for hydroxylation is 2. The third kappa shape index (κ3) is 2.94. The zero-order chi connectivity index (χ0) is 19.8. The van der Waals surface area contributed by atoms with E-state index in [0.717, 1.165) is 34.4 Å². The van der Waals surface area contributed by atoms with Gasteiger partial charge >= 0.3 is 0 Å². The van der Waals surface area contributed by atoms with Crippen molar-refractivity contribution in [3.05, 3.63) is 48.4 Å². The molecule has 0 unspecified atom stereocenters. The molecule has 0 amide bonds. The van der Waals surface area contributed by atoms with E-state index in [1.807, 2.05) is 55.2 Å². The summed E-state index contributed by atoms with van der Waals surface area (Å²) in [5.74, 6) is 1.55. The lowest BCUT2D eigenvalue weighted by molar-refractivity contribution is 0.394. The van der Waals surface area contributed by atoms with Gasteiger partial charge in [0.2, 0.25) is 5.88 Å². The first kappa shape index (κ1) is 17.9. The Bertz CT molecular complexity index is 1140. The Morgan fingerprint density at radius 1 is 1.04 bits per heavy atom. The fourth-order valence-electron chi connectivity index (χ4n) is 3.34. The summed E-state index contributed by atoms with van der Waals surface area (Å²) in [6.07, 6.45) is 5.45. The molecular weight excluding hydrogens is 356 g/mol. The van der Waals surface area contributed by atoms with Crippen LogP contribution in [0.15, 0.2) is 42.9 Å². The van der Waals surface area contributed by atoms with E-state index in [9.17, 15) is 5.11 Å². The molecule has 0 aliphatic carbocycles. The van der Waals surface area contributed by atoms with Crippen LogP contribution in [0.25, 0.3) is 27.8 Å². The first-order valence-electron chi connectivity index (χ1n) is 9.02. The van der Waals surface area contributed by atoms with Crippen LogP contribution in [0.3, 0.4) is 0 Å². The summed E-state index contributed by atoms with van der Waals surface area (Å²) in [6.45, 7) is 4.74. The molecule has 1 N–H and O–H groups in total. The van der Waals surface area contributed by atoms with Crippen molar-refractivity contribution in [3.8, 4) is 34.3 Å². The number of aromatic nitrogens is 4. The number of fused-ring (bicyclic) bond motifs is 1. The standard InChI is InChI=1S/C21H22N4O3/c1-5-24-11-15(10-22-24)25-12-19-20(21(25)26)13(2)6-18(23-19)14-7-16(27-3)9-17(8-14)28-4/h6-12,26H,5H2,1-4H3. The molecule has 1 aromatic carbocycles. The molecule has 7 heteroatoms. The highest BCUT2D eigenvalue weighted by atomic mass is 16.5. The van der Waals surface area contributed by atoms with Crippen molar-refractivity contribution in [2.24, 2.45) is 0 Å². The van der Waals surface area contributed by atoms with Crippen LogP contribution >= 0.6 is 0 Å². The van der Waals surface area contributed by atoms with Gasteiger partial charge in [0.05, 0.1) is 42.7 Å². The Morgan fingerprint density at radius 2 is 1.75 bits per heavy atom. The maximum atomic E-state index is 10.8. The monoisotopic (exact) mass is 378 g/mol. The van der Waals surface area contributed by atoms with Gasteiger partial charge in [0, 0.05) is 30.6 Å². The molecule has 0 saturated heterocycles. The molecule has 3 aromatic heterocycles. The van der Waals surface area contributed by atoms with E-state index in [-0.39, 0.29) is 5.88 Å². The average Bonchev–Trinajstić information content (AvgIpc) is 3.32. The number of hydrogen-bond donors (Lipinski definition) is 1. The number of benzene rings is 1. The van der Waals surface area contributed by atoms with Crippen molar-refractivity contribution in [1.82, 2.24) is 19.3 Å². The number of nitrogens with zero attached hydrogens (tertiary/aromatic N) is 4. The summed E-state index contributed by atoms with van der Waals surface area (Å²) in [7, 11) is 3.24. The fourth-order valence-corrected chi connectivity index (χ4v) is 3.34. The molecule has 4 rings (SSSR count). The highest BCUT2D eigenvalue weighted by Gasteiger charge is 2.16. The van der Waals surface area contributed by atoms with E-state index < -0.39 is 0 Å². The summed E-state index contributed by atoms with van der Waals surface area (Å²) in [5.41, 5.74) is 4.09. The van der Waals surface area contributed by atoms with Gasteiger partial charge in [-0.3, -0.25) is 9.25 Å². The number of ether oxygens (including phenoxy) is 2. The van der Waals surface area contributed by atoms with Crippen LogP contribution in [0.4, 0.5) is 0 Å². The molecular formula is C21H22N4O3. The maximum Gasteiger partial charge on any atom is 0.205 e. The number of aromatic hydroxyl groups is 1. The van der Waals surface area contributed by atoms with Crippen molar-refractivity contribution in [1.29, 1.82) is 0 Å². The van der Waals surface area contributed by atoms with Crippen LogP contribution in [0, 0.1) is 6.92 Å². The maximum absolute atomic E-state index is 10.8. The van der Waals surface area contributed by atoms with Gasteiger partial charge in [0.25, 0.3) is 0 Å². The quantitative estimate of drug-likeness (QED) is 0.569. The zero-order valence-electron chi connectivity index (χ0n) is 16.3. The first-order chi connectivity index (χ1) is 13.5. The normalized spacial score (nSPS) is 11.1. The summed E-state index contributed by atoms with van der Waals surface area (Å²) < 4.78 is 14.3. The lowest BCUT2D eigenvalue weighted by Crippen LogP contribution is -1.93. The minimum absolute atomic E-state index is 0.158. The zero-order valence-corrected chi connectivity index (χ0v) is 16.3. The summed E-state index contributed by atoms with van der Waals surface area (Å²) in [5, 5.41) is 15.8. The Balaban J connectivity index is 1.87. The molecule has 4 aromatic rings. The highest BCUT2D eigenvalue weighted by Crippen LogP contribution is 2.35. The van der Waals surface area contributed by atoms with Gasteiger partial charge < -0.3 is 14.6 Å². The van der Waals surface area contributed by atoms with Crippen LogP contribution in [0.5, 0.6) is 17.4 Å². The van der Waals surface area contributed by atoms with Gasteiger partial charge in [-0.2, -0.15) is 5.10 Å². The molecule has 7 nitrogen and oxygen atoms in total. The molecule has 0 aliphatic heterocycles. The third-order valence-electron chi connectivity index (χ3n) is 4.82. The number of hydrogen-bond acceptors (Lipinski definition) is 5. The Kier molecular flexibility index (Phi) is 4.43. The van der Waals surface area contributed by atoms with Crippen molar-refractivity contribution in [3.63, 3.8) is 0 Å². The van der Waals surface area contributed by atoms with Gasteiger partial charge in [-0.1, -0.05) is 0 Å². The summed E-state index contributed by atoms with van der Waals surface area (Å²) >= 11 is 0. The molecule has 0 fully saturated rings. The summed E-state index contributed by atoms with van der Waals surface area (Å²) in [4.78, 5) is 4.77. The van der Waals surface area contributed by atoms with Crippen LogP contribution in [-0.4, -0.2) is 38.7 Å². The van der Waals surface area contributed by atoms with E-state index in [0.29, 0.717) is 17.0 Å². The van der Waals surface area contributed by atoms with Gasteiger partial charge in [-0.25, -0.2) is 4.98 Å².